The van der Waals surface area contributed by atoms with Crippen LogP contribution in [0.1, 0.15) is 0 Å². The zero-order valence-electron chi connectivity index (χ0n) is 13.5. The first-order valence-electron chi connectivity index (χ1n) is 8.16. The summed E-state index contributed by atoms with van der Waals surface area (Å²) in [5.74, 6) is 0. The number of nitrogens with zero attached hydrogens (tertiary/aromatic N) is 1. The Labute approximate surface area is 149 Å². The predicted octanol–water partition coefficient (Wildman–Crippen LogP) is 3.88. The minimum absolute atomic E-state index is 0.265. The number of pyridine rings is 1. The van der Waals surface area contributed by atoms with Crippen molar-refractivity contribution in [1.82, 2.24) is 4.98 Å². The van der Waals surface area contributed by atoms with E-state index in [1.54, 1.807) is 11.3 Å². The number of rotatable bonds is 5. The highest BCUT2D eigenvalue weighted by Crippen LogP contribution is 2.35. The van der Waals surface area contributed by atoms with Crippen LogP contribution in [0.15, 0.2) is 60.7 Å². The first-order chi connectivity index (χ1) is 12.2. The van der Waals surface area contributed by atoms with Gasteiger partial charge in [-0.15, -0.1) is 11.3 Å². The van der Waals surface area contributed by atoms with Gasteiger partial charge in [-0.05, 0) is 29.7 Å². The van der Waals surface area contributed by atoms with Gasteiger partial charge >= 0.3 is 0 Å². The largest absolute Gasteiger partial charge is 0.394 e. The summed E-state index contributed by atoms with van der Waals surface area (Å²) in [7, 11) is 0. The van der Waals surface area contributed by atoms with Gasteiger partial charge in [0.05, 0.1) is 28.8 Å². The average molecular weight is 350 g/mol. The summed E-state index contributed by atoms with van der Waals surface area (Å²) in [6.45, 7) is 0.0234. The van der Waals surface area contributed by atoms with Crippen molar-refractivity contribution < 1.29 is 10.2 Å². The van der Waals surface area contributed by atoms with E-state index in [2.05, 4.69) is 23.5 Å². The fraction of sp³-hybridized carbons (Fsp3) is 0.150. The van der Waals surface area contributed by atoms with Gasteiger partial charge in [-0.2, -0.15) is 0 Å². The van der Waals surface area contributed by atoms with Crippen molar-refractivity contribution in [3.05, 3.63) is 60.7 Å². The van der Waals surface area contributed by atoms with Crippen LogP contribution in [-0.2, 0) is 0 Å². The normalized spacial score (nSPS) is 12.6. The standard InChI is InChI=1S/C20H18N2O2S/c23-12-14(24)11-21-17-10-18(22-16-7-3-2-6-15(16)17)20-9-13-5-1-4-8-19(13)25-20/h1-10,14,23-24H,11-12H2,(H,21,22). The third kappa shape index (κ3) is 3.22. The number of nitrogens with one attached hydrogen (secondary N) is 1. The second-order valence-electron chi connectivity index (χ2n) is 5.94. The zero-order valence-corrected chi connectivity index (χ0v) is 14.3. The molecule has 0 saturated carbocycles. The molecule has 25 heavy (non-hydrogen) atoms. The van der Waals surface area contributed by atoms with Crippen molar-refractivity contribution in [3.63, 3.8) is 0 Å². The molecule has 0 aliphatic heterocycles. The molecule has 1 unspecified atom stereocenters. The number of thiophene rings is 1. The summed E-state index contributed by atoms with van der Waals surface area (Å²) in [6, 6.07) is 20.4. The molecule has 1 atom stereocenters. The third-order valence-electron chi connectivity index (χ3n) is 4.13. The van der Waals surface area contributed by atoms with Gasteiger partial charge in [0, 0.05) is 22.3 Å². The molecule has 5 heteroatoms. The first kappa shape index (κ1) is 16.0. The highest BCUT2D eigenvalue weighted by Gasteiger charge is 2.11. The van der Waals surface area contributed by atoms with E-state index in [1.807, 2.05) is 42.5 Å². The number of benzene rings is 2. The van der Waals surface area contributed by atoms with Gasteiger partial charge in [0.1, 0.15) is 0 Å². The lowest BCUT2D eigenvalue weighted by Gasteiger charge is -2.13. The number of hydrogen-bond acceptors (Lipinski definition) is 5. The van der Waals surface area contributed by atoms with Crippen molar-refractivity contribution in [2.45, 2.75) is 6.10 Å². The predicted molar refractivity (Wildman–Crippen MR) is 104 cm³/mol. The molecular formula is C20H18N2O2S. The summed E-state index contributed by atoms with van der Waals surface area (Å²) in [4.78, 5) is 5.92. The molecule has 126 valence electrons. The summed E-state index contributed by atoms with van der Waals surface area (Å²) >= 11 is 1.72. The molecule has 0 fully saturated rings. The summed E-state index contributed by atoms with van der Waals surface area (Å²) in [6.07, 6.45) is -0.792. The Morgan fingerprint density at radius 2 is 1.84 bits per heavy atom. The quantitative estimate of drug-likeness (QED) is 0.511. The van der Waals surface area contributed by atoms with Crippen LogP contribution in [0, 0.1) is 0 Å². The first-order valence-corrected chi connectivity index (χ1v) is 8.98. The molecule has 4 rings (SSSR count). The maximum Gasteiger partial charge on any atom is 0.0942 e. The lowest BCUT2D eigenvalue weighted by molar-refractivity contribution is 0.105. The van der Waals surface area contributed by atoms with Gasteiger partial charge in [-0.3, -0.25) is 0 Å². The molecule has 0 aliphatic carbocycles. The van der Waals surface area contributed by atoms with Gasteiger partial charge in [0.15, 0.2) is 0 Å². The van der Waals surface area contributed by atoms with Gasteiger partial charge in [-0.25, -0.2) is 4.98 Å². The van der Waals surface area contributed by atoms with E-state index in [-0.39, 0.29) is 13.2 Å². The highest BCUT2D eigenvalue weighted by atomic mass is 32.1. The Morgan fingerprint density at radius 1 is 1.04 bits per heavy atom. The van der Waals surface area contributed by atoms with Crippen LogP contribution in [-0.4, -0.2) is 34.5 Å². The van der Waals surface area contributed by atoms with E-state index in [4.69, 9.17) is 10.1 Å². The van der Waals surface area contributed by atoms with Gasteiger partial charge < -0.3 is 15.5 Å². The van der Waals surface area contributed by atoms with Crippen LogP contribution >= 0.6 is 11.3 Å². The van der Waals surface area contributed by atoms with Crippen LogP contribution in [0.3, 0.4) is 0 Å². The van der Waals surface area contributed by atoms with E-state index in [9.17, 15) is 5.11 Å². The molecule has 3 N–H and O–H groups in total. The molecular weight excluding hydrogens is 332 g/mol. The molecule has 0 spiro atoms. The Morgan fingerprint density at radius 3 is 2.68 bits per heavy atom. The maximum absolute atomic E-state index is 9.65. The van der Waals surface area contributed by atoms with E-state index in [0.29, 0.717) is 0 Å². The molecule has 0 amide bonds. The summed E-state index contributed by atoms with van der Waals surface area (Å²) in [5.41, 5.74) is 2.71. The fourth-order valence-corrected chi connectivity index (χ4v) is 3.87. The molecule has 2 heterocycles. The van der Waals surface area contributed by atoms with Crippen LogP contribution in [0.4, 0.5) is 5.69 Å². The number of aromatic nitrogens is 1. The monoisotopic (exact) mass is 350 g/mol. The molecule has 4 nitrogen and oxygen atoms in total. The minimum Gasteiger partial charge on any atom is -0.394 e. The number of hydrogen-bond donors (Lipinski definition) is 3. The smallest absolute Gasteiger partial charge is 0.0942 e. The second-order valence-corrected chi connectivity index (χ2v) is 7.02. The van der Waals surface area contributed by atoms with Crippen molar-refractivity contribution >= 4 is 38.0 Å². The Bertz CT molecular complexity index is 995. The van der Waals surface area contributed by atoms with Crippen molar-refractivity contribution in [2.24, 2.45) is 0 Å². The lowest BCUT2D eigenvalue weighted by atomic mass is 10.1. The van der Waals surface area contributed by atoms with E-state index < -0.39 is 6.10 Å². The van der Waals surface area contributed by atoms with E-state index >= 15 is 0 Å². The Balaban J connectivity index is 1.81. The molecule has 0 aliphatic rings. The number of aliphatic hydroxyl groups is 2. The van der Waals surface area contributed by atoms with Crippen LogP contribution in [0.2, 0.25) is 0 Å². The number of fused-ring (bicyclic) bond motifs is 2. The number of para-hydroxylation sites is 1. The SMILES string of the molecule is OCC(O)CNc1cc(-c2cc3ccccc3s2)nc2ccccc12. The molecule has 2 aromatic carbocycles. The van der Waals surface area contributed by atoms with E-state index in [0.717, 1.165) is 27.2 Å². The van der Waals surface area contributed by atoms with Crippen LogP contribution in [0.5, 0.6) is 0 Å². The fourth-order valence-electron chi connectivity index (χ4n) is 2.85. The summed E-state index contributed by atoms with van der Waals surface area (Å²) in [5, 5.41) is 24.1. The van der Waals surface area contributed by atoms with Crippen LogP contribution < -0.4 is 5.32 Å². The zero-order chi connectivity index (χ0) is 17.2. The highest BCUT2D eigenvalue weighted by molar-refractivity contribution is 7.22. The molecule has 2 aromatic heterocycles. The second kappa shape index (κ2) is 6.80. The van der Waals surface area contributed by atoms with Gasteiger partial charge in [0.2, 0.25) is 0 Å². The van der Waals surface area contributed by atoms with Crippen molar-refractivity contribution in [1.29, 1.82) is 0 Å². The Kier molecular flexibility index (Phi) is 4.36. The molecule has 0 radical (unpaired) electrons. The molecule has 0 saturated heterocycles. The van der Waals surface area contributed by atoms with Gasteiger partial charge in [0.25, 0.3) is 0 Å². The minimum atomic E-state index is -0.792. The molecule has 4 aromatic rings. The van der Waals surface area contributed by atoms with Crippen LogP contribution in [0.25, 0.3) is 31.6 Å². The van der Waals surface area contributed by atoms with E-state index in [1.165, 1.54) is 10.1 Å². The lowest BCUT2D eigenvalue weighted by Crippen LogP contribution is -2.23. The van der Waals surface area contributed by atoms with Crippen molar-refractivity contribution in [3.8, 4) is 10.6 Å². The summed E-state index contributed by atoms with van der Waals surface area (Å²) < 4.78 is 1.23. The third-order valence-corrected chi connectivity index (χ3v) is 5.27. The average Bonchev–Trinajstić information content (AvgIpc) is 3.09. The maximum atomic E-state index is 9.65. The number of aliphatic hydroxyl groups excluding tert-OH is 2. The van der Waals surface area contributed by atoms with Crippen molar-refractivity contribution in [2.75, 3.05) is 18.5 Å². The molecule has 0 bridgehead atoms. The topological polar surface area (TPSA) is 65.4 Å². The Hall–Kier alpha value is -2.47. The number of anilines is 1. The van der Waals surface area contributed by atoms with Gasteiger partial charge in [-0.1, -0.05) is 36.4 Å².